The smallest absolute Gasteiger partial charge is 0.288 e. The molecule has 1 aliphatic rings. The number of ether oxygens (including phenoxy) is 1. The summed E-state index contributed by atoms with van der Waals surface area (Å²) in [6.07, 6.45) is 1.30. The van der Waals surface area contributed by atoms with Crippen molar-refractivity contribution in [1.29, 1.82) is 0 Å². The van der Waals surface area contributed by atoms with Crippen LogP contribution < -0.4 is 0 Å². The second-order valence-electron chi connectivity index (χ2n) is 4.26. The zero-order chi connectivity index (χ0) is 13.1. The van der Waals surface area contributed by atoms with Crippen LogP contribution >= 0.6 is 23.4 Å². The quantitative estimate of drug-likeness (QED) is 0.626. The number of hydrogen-bond donors (Lipinski definition) is 0. The van der Waals surface area contributed by atoms with Crippen molar-refractivity contribution in [2.75, 3.05) is 6.61 Å². The molecule has 4 nitrogen and oxygen atoms in total. The molecule has 0 aliphatic carbocycles. The Labute approximate surface area is 115 Å². The van der Waals surface area contributed by atoms with Crippen molar-refractivity contribution < 1.29 is 9.66 Å². The normalized spacial score (nSPS) is 23.2. The molecule has 6 heteroatoms. The highest BCUT2D eigenvalue weighted by atomic mass is 35.5. The summed E-state index contributed by atoms with van der Waals surface area (Å²) in [5, 5.41) is 11.4. The lowest BCUT2D eigenvalue weighted by Crippen LogP contribution is -2.13. The molecular weight excluding hydrogens is 274 g/mol. The van der Waals surface area contributed by atoms with Crippen LogP contribution in [0.15, 0.2) is 18.2 Å². The lowest BCUT2D eigenvalue weighted by atomic mass is 10.2. The van der Waals surface area contributed by atoms with Crippen LogP contribution in [0.5, 0.6) is 0 Å². The van der Waals surface area contributed by atoms with Crippen LogP contribution in [0.2, 0.25) is 5.02 Å². The molecule has 1 saturated heterocycles. The minimum Gasteiger partial charge on any atom is -0.377 e. The molecule has 0 saturated carbocycles. The molecule has 0 bridgehead atoms. The first-order chi connectivity index (χ1) is 8.58. The predicted molar refractivity (Wildman–Crippen MR) is 73.2 cm³/mol. The van der Waals surface area contributed by atoms with E-state index in [1.165, 1.54) is 0 Å². The second-order valence-corrected chi connectivity index (χ2v) is 5.89. The van der Waals surface area contributed by atoms with E-state index >= 15 is 0 Å². The molecule has 2 atom stereocenters. The molecule has 18 heavy (non-hydrogen) atoms. The number of halogens is 1. The maximum atomic E-state index is 10.8. The van der Waals surface area contributed by atoms with Crippen molar-refractivity contribution in [3.8, 4) is 0 Å². The summed E-state index contributed by atoms with van der Waals surface area (Å²) in [5.41, 5.74) is 0.903. The summed E-state index contributed by atoms with van der Waals surface area (Å²) in [5.74, 6) is 0.746. The summed E-state index contributed by atoms with van der Waals surface area (Å²) < 4.78 is 5.48. The van der Waals surface area contributed by atoms with Gasteiger partial charge < -0.3 is 4.74 Å². The van der Waals surface area contributed by atoms with Gasteiger partial charge in [0.1, 0.15) is 5.02 Å². The summed E-state index contributed by atoms with van der Waals surface area (Å²) in [7, 11) is 0. The van der Waals surface area contributed by atoms with E-state index in [9.17, 15) is 10.1 Å². The predicted octanol–water partition coefficient (Wildman–Crippen LogP) is 3.66. The van der Waals surface area contributed by atoms with Gasteiger partial charge in [0.05, 0.1) is 11.0 Å². The standard InChI is InChI=1S/C12H14ClNO3S/c1-8-12(4-5-17-8)18-7-9-2-3-10(13)11(6-9)14(15)16/h2-3,6,8,12H,4-5,7H2,1H3. The number of nitrogens with zero attached hydrogens (tertiary/aromatic N) is 1. The third kappa shape index (κ3) is 3.16. The molecule has 1 aliphatic heterocycles. The fraction of sp³-hybridized carbons (Fsp3) is 0.500. The van der Waals surface area contributed by atoms with Gasteiger partial charge in [0.25, 0.3) is 5.69 Å². The fourth-order valence-corrected chi connectivity index (χ4v) is 3.31. The Morgan fingerprint density at radius 1 is 1.61 bits per heavy atom. The lowest BCUT2D eigenvalue weighted by Gasteiger charge is -2.13. The highest BCUT2D eigenvalue weighted by molar-refractivity contribution is 7.99. The van der Waals surface area contributed by atoms with Crippen LogP contribution in [0.1, 0.15) is 18.9 Å². The van der Waals surface area contributed by atoms with Crippen LogP contribution in [0.3, 0.4) is 0 Å². The third-order valence-electron chi connectivity index (χ3n) is 2.98. The average Bonchev–Trinajstić information content (AvgIpc) is 2.73. The topological polar surface area (TPSA) is 52.4 Å². The van der Waals surface area contributed by atoms with Crippen molar-refractivity contribution in [3.63, 3.8) is 0 Å². The van der Waals surface area contributed by atoms with Gasteiger partial charge in [-0.2, -0.15) is 11.8 Å². The SMILES string of the molecule is CC1OCCC1SCc1ccc(Cl)c([N+](=O)[O-])c1. The Bertz CT molecular complexity index is 455. The number of hydrogen-bond acceptors (Lipinski definition) is 4. The minimum absolute atomic E-state index is 0.0227. The highest BCUT2D eigenvalue weighted by Gasteiger charge is 2.24. The first kappa shape index (κ1) is 13.6. The number of benzene rings is 1. The first-order valence-electron chi connectivity index (χ1n) is 5.74. The van der Waals surface area contributed by atoms with Crippen LogP contribution in [0.25, 0.3) is 0 Å². The zero-order valence-electron chi connectivity index (χ0n) is 9.97. The molecule has 0 N–H and O–H groups in total. The molecule has 1 heterocycles. The molecule has 0 spiro atoms. The van der Waals surface area contributed by atoms with Crippen LogP contribution in [-0.4, -0.2) is 22.9 Å². The maximum absolute atomic E-state index is 10.8. The Kier molecular flexibility index (Phi) is 4.48. The van der Waals surface area contributed by atoms with Gasteiger partial charge in [0, 0.05) is 23.7 Å². The Morgan fingerprint density at radius 2 is 2.39 bits per heavy atom. The number of nitro groups is 1. The Balaban J connectivity index is 2.01. The van der Waals surface area contributed by atoms with Crippen LogP contribution in [-0.2, 0) is 10.5 Å². The monoisotopic (exact) mass is 287 g/mol. The van der Waals surface area contributed by atoms with Gasteiger partial charge in [-0.25, -0.2) is 0 Å². The van der Waals surface area contributed by atoms with E-state index in [4.69, 9.17) is 16.3 Å². The van der Waals surface area contributed by atoms with Crippen LogP contribution in [0, 0.1) is 10.1 Å². The lowest BCUT2D eigenvalue weighted by molar-refractivity contribution is -0.384. The minimum atomic E-state index is -0.447. The summed E-state index contributed by atoms with van der Waals surface area (Å²) in [4.78, 5) is 10.3. The van der Waals surface area contributed by atoms with Gasteiger partial charge in [0.2, 0.25) is 0 Å². The van der Waals surface area contributed by atoms with Gasteiger partial charge in [-0.3, -0.25) is 10.1 Å². The van der Waals surface area contributed by atoms with Gasteiger partial charge in [-0.05, 0) is 25.0 Å². The summed E-state index contributed by atoms with van der Waals surface area (Å²) in [6, 6.07) is 4.97. The van der Waals surface area contributed by atoms with Crippen molar-refractivity contribution in [2.45, 2.75) is 30.5 Å². The summed E-state index contributed by atoms with van der Waals surface area (Å²) >= 11 is 7.55. The van der Waals surface area contributed by atoms with E-state index in [0.717, 1.165) is 24.3 Å². The Morgan fingerprint density at radius 3 is 3.00 bits per heavy atom. The molecule has 1 aromatic carbocycles. The van der Waals surface area contributed by atoms with E-state index in [0.29, 0.717) is 5.25 Å². The number of nitro benzene ring substituents is 1. The van der Waals surface area contributed by atoms with Gasteiger partial charge >= 0.3 is 0 Å². The van der Waals surface area contributed by atoms with Crippen LogP contribution in [0.4, 0.5) is 5.69 Å². The van der Waals surface area contributed by atoms with Gasteiger partial charge in [0.15, 0.2) is 0 Å². The van der Waals surface area contributed by atoms with E-state index in [-0.39, 0.29) is 16.8 Å². The van der Waals surface area contributed by atoms with E-state index < -0.39 is 4.92 Å². The highest BCUT2D eigenvalue weighted by Crippen LogP contribution is 2.31. The van der Waals surface area contributed by atoms with Crippen molar-refractivity contribution in [3.05, 3.63) is 38.9 Å². The van der Waals surface area contributed by atoms with E-state index in [1.54, 1.807) is 23.9 Å². The third-order valence-corrected chi connectivity index (χ3v) is 4.84. The van der Waals surface area contributed by atoms with Gasteiger partial charge in [-0.1, -0.05) is 17.7 Å². The summed E-state index contributed by atoms with van der Waals surface area (Å²) in [6.45, 7) is 2.87. The van der Waals surface area contributed by atoms with Crippen molar-refractivity contribution in [1.82, 2.24) is 0 Å². The fourth-order valence-electron chi connectivity index (χ4n) is 1.92. The number of thioether (sulfide) groups is 1. The largest absolute Gasteiger partial charge is 0.377 e. The van der Waals surface area contributed by atoms with Crippen molar-refractivity contribution in [2.24, 2.45) is 0 Å². The van der Waals surface area contributed by atoms with E-state index in [1.807, 2.05) is 6.07 Å². The molecule has 0 aromatic heterocycles. The molecule has 1 aromatic rings. The molecule has 98 valence electrons. The molecule has 2 rings (SSSR count). The molecular formula is C12H14ClNO3S. The number of rotatable bonds is 4. The van der Waals surface area contributed by atoms with Gasteiger partial charge in [-0.15, -0.1) is 0 Å². The second kappa shape index (κ2) is 5.91. The average molecular weight is 288 g/mol. The van der Waals surface area contributed by atoms with Crippen molar-refractivity contribution >= 4 is 29.1 Å². The van der Waals surface area contributed by atoms with E-state index in [2.05, 4.69) is 6.92 Å². The molecule has 0 radical (unpaired) electrons. The molecule has 0 amide bonds. The molecule has 1 fully saturated rings. The Hall–Kier alpha value is -0.780. The molecule has 2 unspecified atom stereocenters. The zero-order valence-corrected chi connectivity index (χ0v) is 11.5. The first-order valence-corrected chi connectivity index (χ1v) is 7.16. The maximum Gasteiger partial charge on any atom is 0.288 e.